The summed E-state index contributed by atoms with van der Waals surface area (Å²) in [5.74, 6) is 1.99. The molecule has 2 aromatic rings. The quantitative estimate of drug-likeness (QED) is 0.928. The molecule has 0 aliphatic carbocycles. The molecule has 0 fully saturated rings. The standard InChI is InChI=1S/C18H20O6/c1-20-13-7-11-9-24-8-10-5-6-12(19)16(21-2)14(10)15(11)18(23-4)17(13)22-3/h5-7,19H,8-9H2,1-4H3. The summed E-state index contributed by atoms with van der Waals surface area (Å²) in [7, 11) is 6.22. The molecule has 1 N–H and O–H groups in total. The minimum Gasteiger partial charge on any atom is -0.504 e. The Morgan fingerprint density at radius 1 is 0.792 bits per heavy atom. The predicted octanol–water partition coefficient (Wildman–Crippen LogP) is 3.12. The van der Waals surface area contributed by atoms with Crippen molar-refractivity contribution in [3.63, 3.8) is 0 Å². The Kier molecular flexibility index (Phi) is 4.40. The maximum atomic E-state index is 10.2. The lowest BCUT2D eigenvalue weighted by Gasteiger charge is -2.20. The maximum absolute atomic E-state index is 10.2. The van der Waals surface area contributed by atoms with Gasteiger partial charge in [0.05, 0.1) is 41.7 Å². The summed E-state index contributed by atoms with van der Waals surface area (Å²) in [5.41, 5.74) is 3.28. The molecule has 0 saturated carbocycles. The maximum Gasteiger partial charge on any atom is 0.203 e. The lowest BCUT2D eigenvalue weighted by atomic mass is 9.93. The van der Waals surface area contributed by atoms with Gasteiger partial charge < -0.3 is 28.8 Å². The second kappa shape index (κ2) is 6.49. The summed E-state index contributed by atoms with van der Waals surface area (Å²) in [6, 6.07) is 5.27. The predicted molar refractivity (Wildman–Crippen MR) is 88.2 cm³/mol. The number of rotatable bonds is 4. The molecule has 6 nitrogen and oxygen atoms in total. The molecule has 0 unspecified atom stereocenters. The minimum atomic E-state index is 0.0564. The van der Waals surface area contributed by atoms with E-state index in [2.05, 4.69) is 0 Å². The average Bonchev–Trinajstić information content (AvgIpc) is 2.79. The fourth-order valence-electron chi connectivity index (χ4n) is 3.08. The lowest BCUT2D eigenvalue weighted by molar-refractivity contribution is 0.109. The zero-order valence-electron chi connectivity index (χ0n) is 14.1. The number of phenolic OH excluding ortho intramolecular Hbond substituents is 1. The molecule has 0 aromatic heterocycles. The van der Waals surface area contributed by atoms with Gasteiger partial charge in [-0.2, -0.15) is 0 Å². The van der Waals surface area contributed by atoms with Crippen molar-refractivity contribution in [1.29, 1.82) is 0 Å². The molecule has 6 heteroatoms. The van der Waals surface area contributed by atoms with Gasteiger partial charge in [0.25, 0.3) is 0 Å². The zero-order valence-corrected chi connectivity index (χ0v) is 14.1. The molecule has 0 amide bonds. The summed E-state index contributed by atoms with van der Waals surface area (Å²) in [6.07, 6.45) is 0. The number of hydrogen-bond acceptors (Lipinski definition) is 6. The Hall–Kier alpha value is -2.60. The first-order valence-corrected chi connectivity index (χ1v) is 7.45. The van der Waals surface area contributed by atoms with Crippen molar-refractivity contribution in [3.8, 4) is 39.9 Å². The minimum absolute atomic E-state index is 0.0564. The Labute approximate surface area is 140 Å². The summed E-state index contributed by atoms with van der Waals surface area (Å²) in [4.78, 5) is 0. The van der Waals surface area contributed by atoms with E-state index in [1.54, 1.807) is 27.4 Å². The third-order valence-corrected chi connectivity index (χ3v) is 4.10. The number of ether oxygens (including phenoxy) is 5. The third-order valence-electron chi connectivity index (χ3n) is 4.10. The van der Waals surface area contributed by atoms with Crippen LogP contribution in [0.5, 0.6) is 28.7 Å². The van der Waals surface area contributed by atoms with E-state index in [0.717, 1.165) is 22.3 Å². The van der Waals surface area contributed by atoms with Crippen LogP contribution in [0.1, 0.15) is 11.1 Å². The largest absolute Gasteiger partial charge is 0.504 e. The van der Waals surface area contributed by atoms with Gasteiger partial charge in [-0.05, 0) is 23.3 Å². The molecular weight excluding hydrogens is 312 g/mol. The Morgan fingerprint density at radius 2 is 1.42 bits per heavy atom. The molecule has 24 heavy (non-hydrogen) atoms. The van der Waals surface area contributed by atoms with Gasteiger partial charge in [-0.1, -0.05) is 6.07 Å². The molecule has 3 rings (SSSR count). The van der Waals surface area contributed by atoms with E-state index in [9.17, 15) is 5.11 Å². The van der Waals surface area contributed by atoms with Gasteiger partial charge in [0.2, 0.25) is 5.75 Å². The van der Waals surface area contributed by atoms with Gasteiger partial charge in [-0.15, -0.1) is 0 Å². The van der Waals surface area contributed by atoms with Crippen LogP contribution in [0.25, 0.3) is 11.1 Å². The second-order valence-corrected chi connectivity index (χ2v) is 5.32. The molecule has 0 spiro atoms. The highest BCUT2D eigenvalue weighted by Crippen LogP contribution is 2.52. The van der Waals surface area contributed by atoms with Crippen molar-refractivity contribution in [1.82, 2.24) is 0 Å². The summed E-state index contributed by atoms with van der Waals surface area (Å²) in [5, 5.41) is 10.2. The smallest absolute Gasteiger partial charge is 0.203 e. The molecule has 0 atom stereocenters. The first kappa shape index (κ1) is 16.3. The number of fused-ring (bicyclic) bond motifs is 3. The van der Waals surface area contributed by atoms with Gasteiger partial charge in [0, 0.05) is 11.1 Å². The highest BCUT2D eigenvalue weighted by Gasteiger charge is 2.29. The number of methoxy groups -OCH3 is 4. The molecule has 2 aromatic carbocycles. The van der Waals surface area contributed by atoms with Crippen LogP contribution in [0, 0.1) is 0 Å². The van der Waals surface area contributed by atoms with E-state index in [4.69, 9.17) is 23.7 Å². The van der Waals surface area contributed by atoms with Crippen LogP contribution in [0.15, 0.2) is 18.2 Å². The van der Waals surface area contributed by atoms with Crippen LogP contribution < -0.4 is 18.9 Å². The zero-order chi connectivity index (χ0) is 17.3. The Balaban J connectivity index is 2.43. The topological polar surface area (TPSA) is 66.4 Å². The normalized spacial score (nSPS) is 12.7. The molecule has 1 heterocycles. The van der Waals surface area contributed by atoms with Crippen LogP contribution in [0.3, 0.4) is 0 Å². The van der Waals surface area contributed by atoms with E-state index in [1.807, 2.05) is 12.1 Å². The summed E-state index contributed by atoms with van der Waals surface area (Å²) in [6.45, 7) is 0.777. The van der Waals surface area contributed by atoms with Crippen LogP contribution in [-0.2, 0) is 18.0 Å². The van der Waals surface area contributed by atoms with Crippen LogP contribution >= 0.6 is 0 Å². The number of aromatic hydroxyl groups is 1. The molecule has 1 aliphatic heterocycles. The van der Waals surface area contributed by atoms with Crippen LogP contribution in [-0.4, -0.2) is 33.5 Å². The van der Waals surface area contributed by atoms with Gasteiger partial charge in [0.1, 0.15) is 0 Å². The molecular formula is C18H20O6. The first-order valence-electron chi connectivity index (χ1n) is 7.45. The SMILES string of the molecule is COc1cc2c(c(OC)c1OC)-c1c(ccc(O)c1OC)COC2. The van der Waals surface area contributed by atoms with Gasteiger partial charge in [0.15, 0.2) is 23.0 Å². The Bertz CT molecular complexity index is 769. The van der Waals surface area contributed by atoms with Gasteiger partial charge >= 0.3 is 0 Å². The highest BCUT2D eigenvalue weighted by atomic mass is 16.5. The van der Waals surface area contributed by atoms with Crippen LogP contribution in [0.2, 0.25) is 0 Å². The van der Waals surface area contributed by atoms with E-state index in [-0.39, 0.29) is 5.75 Å². The van der Waals surface area contributed by atoms with Crippen molar-refractivity contribution < 1.29 is 28.8 Å². The number of phenols is 1. The van der Waals surface area contributed by atoms with E-state index in [1.165, 1.54) is 7.11 Å². The summed E-state index contributed by atoms with van der Waals surface area (Å²) < 4.78 is 27.8. The van der Waals surface area contributed by atoms with Crippen molar-refractivity contribution in [2.45, 2.75) is 13.2 Å². The van der Waals surface area contributed by atoms with Gasteiger partial charge in [-0.25, -0.2) is 0 Å². The molecule has 1 aliphatic rings. The highest BCUT2D eigenvalue weighted by molar-refractivity contribution is 5.87. The van der Waals surface area contributed by atoms with Crippen molar-refractivity contribution in [2.24, 2.45) is 0 Å². The van der Waals surface area contributed by atoms with E-state index >= 15 is 0 Å². The van der Waals surface area contributed by atoms with E-state index in [0.29, 0.717) is 36.2 Å². The third kappa shape index (κ3) is 2.39. The number of benzene rings is 2. The number of hydrogen-bond donors (Lipinski definition) is 1. The molecule has 0 saturated heterocycles. The van der Waals surface area contributed by atoms with E-state index < -0.39 is 0 Å². The second-order valence-electron chi connectivity index (χ2n) is 5.32. The fourth-order valence-corrected chi connectivity index (χ4v) is 3.08. The van der Waals surface area contributed by atoms with Crippen molar-refractivity contribution in [2.75, 3.05) is 28.4 Å². The van der Waals surface area contributed by atoms with Crippen molar-refractivity contribution in [3.05, 3.63) is 29.3 Å². The van der Waals surface area contributed by atoms with Crippen molar-refractivity contribution >= 4 is 0 Å². The average molecular weight is 332 g/mol. The molecule has 0 radical (unpaired) electrons. The first-order chi connectivity index (χ1) is 11.7. The summed E-state index contributed by atoms with van der Waals surface area (Å²) >= 11 is 0. The van der Waals surface area contributed by atoms with Crippen LogP contribution in [0.4, 0.5) is 0 Å². The molecule has 128 valence electrons. The van der Waals surface area contributed by atoms with Gasteiger partial charge in [-0.3, -0.25) is 0 Å². The molecule has 0 bridgehead atoms. The fraction of sp³-hybridized carbons (Fsp3) is 0.333. The Morgan fingerprint density at radius 3 is 2.04 bits per heavy atom. The monoisotopic (exact) mass is 332 g/mol. The lowest BCUT2D eigenvalue weighted by Crippen LogP contribution is -2.02.